The van der Waals surface area contributed by atoms with Gasteiger partial charge >= 0.3 is 0 Å². The Bertz CT molecular complexity index is 604. The summed E-state index contributed by atoms with van der Waals surface area (Å²) in [5, 5.41) is 15.2. The van der Waals surface area contributed by atoms with Gasteiger partial charge in [-0.2, -0.15) is 0 Å². The largest absolute Gasteiger partial charge is 0.393 e. The van der Waals surface area contributed by atoms with Gasteiger partial charge in [-0.3, -0.25) is 4.79 Å². The number of thiazole rings is 1. The summed E-state index contributed by atoms with van der Waals surface area (Å²) in [5.41, 5.74) is 1.51. The van der Waals surface area contributed by atoms with E-state index in [1.165, 1.54) is 11.3 Å². The summed E-state index contributed by atoms with van der Waals surface area (Å²) in [7, 11) is 0. The molecule has 0 aliphatic heterocycles. The van der Waals surface area contributed by atoms with Crippen molar-refractivity contribution in [3.8, 4) is 10.6 Å². The number of hydrogen-bond donors (Lipinski definition) is 2. The number of nitrogens with one attached hydrogen (secondary N) is 1. The van der Waals surface area contributed by atoms with E-state index in [4.69, 9.17) is 0 Å². The second kappa shape index (κ2) is 6.37. The van der Waals surface area contributed by atoms with Crippen molar-refractivity contribution in [3.63, 3.8) is 0 Å². The van der Waals surface area contributed by atoms with Crippen molar-refractivity contribution in [3.05, 3.63) is 41.4 Å². The Morgan fingerprint density at radius 2 is 1.90 bits per heavy atom. The fourth-order valence-corrected chi connectivity index (χ4v) is 3.38. The molecule has 3 rings (SSSR count). The van der Waals surface area contributed by atoms with E-state index in [1.807, 2.05) is 30.3 Å². The van der Waals surface area contributed by atoms with Crippen LogP contribution in [-0.4, -0.2) is 28.1 Å². The van der Waals surface area contributed by atoms with E-state index in [-0.39, 0.29) is 18.1 Å². The van der Waals surface area contributed by atoms with Crippen LogP contribution >= 0.6 is 11.3 Å². The number of carbonyl (C=O) groups excluding carboxylic acids is 1. The zero-order valence-electron chi connectivity index (χ0n) is 11.7. The fraction of sp³-hybridized carbons (Fsp3) is 0.375. The number of rotatable bonds is 3. The van der Waals surface area contributed by atoms with E-state index >= 15 is 0 Å². The van der Waals surface area contributed by atoms with Gasteiger partial charge in [0.1, 0.15) is 10.7 Å². The number of amides is 1. The number of aliphatic hydroxyl groups is 1. The molecule has 1 fully saturated rings. The van der Waals surface area contributed by atoms with Gasteiger partial charge < -0.3 is 10.4 Å². The van der Waals surface area contributed by atoms with Crippen molar-refractivity contribution in [2.75, 3.05) is 0 Å². The number of benzene rings is 1. The molecule has 1 saturated carbocycles. The lowest BCUT2D eigenvalue weighted by Gasteiger charge is -2.25. The number of nitrogens with zero attached hydrogens (tertiary/aromatic N) is 1. The SMILES string of the molecule is O=C(NC1CCC(O)CC1)c1csc(-c2ccccc2)n1. The minimum absolute atomic E-state index is 0.116. The number of aromatic nitrogens is 1. The summed E-state index contributed by atoms with van der Waals surface area (Å²) in [6.07, 6.45) is 2.99. The van der Waals surface area contributed by atoms with Gasteiger partial charge in [0.25, 0.3) is 5.91 Å². The van der Waals surface area contributed by atoms with E-state index in [9.17, 15) is 9.90 Å². The van der Waals surface area contributed by atoms with Gasteiger partial charge in [0.2, 0.25) is 0 Å². The Morgan fingerprint density at radius 1 is 1.19 bits per heavy atom. The molecule has 2 aromatic rings. The average molecular weight is 302 g/mol. The second-order valence-corrected chi connectivity index (χ2v) is 6.24. The van der Waals surface area contributed by atoms with Crippen molar-refractivity contribution in [2.45, 2.75) is 37.8 Å². The maximum Gasteiger partial charge on any atom is 0.270 e. The Hall–Kier alpha value is -1.72. The van der Waals surface area contributed by atoms with Gasteiger partial charge in [-0.25, -0.2) is 4.98 Å². The molecule has 0 saturated heterocycles. The van der Waals surface area contributed by atoms with Crippen LogP contribution in [0.2, 0.25) is 0 Å². The fourth-order valence-electron chi connectivity index (χ4n) is 2.57. The first kappa shape index (κ1) is 14.2. The smallest absolute Gasteiger partial charge is 0.270 e. The van der Waals surface area contributed by atoms with Gasteiger partial charge in [-0.15, -0.1) is 11.3 Å². The monoisotopic (exact) mass is 302 g/mol. The topological polar surface area (TPSA) is 62.2 Å². The summed E-state index contributed by atoms with van der Waals surface area (Å²) in [6.45, 7) is 0. The molecule has 110 valence electrons. The molecular weight excluding hydrogens is 284 g/mol. The van der Waals surface area contributed by atoms with Crippen molar-refractivity contribution in [1.29, 1.82) is 0 Å². The van der Waals surface area contributed by atoms with Crippen molar-refractivity contribution in [2.24, 2.45) is 0 Å². The zero-order chi connectivity index (χ0) is 14.7. The van der Waals surface area contributed by atoms with Gasteiger partial charge in [0.05, 0.1) is 6.10 Å². The summed E-state index contributed by atoms with van der Waals surface area (Å²) in [6, 6.07) is 10.0. The van der Waals surface area contributed by atoms with Gasteiger partial charge in [0.15, 0.2) is 0 Å². The molecule has 1 aliphatic carbocycles. The van der Waals surface area contributed by atoms with Crippen LogP contribution in [-0.2, 0) is 0 Å². The van der Waals surface area contributed by atoms with Crippen molar-refractivity contribution in [1.82, 2.24) is 10.3 Å². The first-order chi connectivity index (χ1) is 10.2. The molecular formula is C16H18N2O2S. The molecule has 1 heterocycles. The predicted molar refractivity (Wildman–Crippen MR) is 83.3 cm³/mol. The van der Waals surface area contributed by atoms with Gasteiger partial charge in [-0.05, 0) is 25.7 Å². The molecule has 21 heavy (non-hydrogen) atoms. The van der Waals surface area contributed by atoms with Crippen LogP contribution in [0.3, 0.4) is 0 Å². The molecule has 0 bridgehead atoms. The first-order valence-electron chi connectivity index (χ1n) is 7.22. The van der Waals surface area contributed by atoms with E-state index < -0.39 is 0 Å². The first-order valence-corrected chi connectivity index (χ1v) is 8.10. The quantitative estimate of drug-likeness (QED) is 0.916. The van der Waals surface area contributed by atoms with Gasteiger partial charge in [-0.1, -0.05) is 30.3 Å². The molecule has 1 amide bonds. The minimum atomic E-state index is -0.206. The third-order valence-electron chi connectivity index (χ3n) is 3.79. The molecule has 0 unspecified atom stereocenters. The van der Waals surface area contributed by atoms with Crippen molar-refractivity contribution >= 4 is 17.2 Å². The average Bonchev–Trinajstić information content (AvgIpc) is 3.00. The summed E-state index contributed by atoms with van der Waals surface area (Å²) < 4.78 is 0. The maximum atomic E-state index is 12.2. The molecule has 1 aliphatic rings. The van der Waals surface area contributed by atoms with E-state index in [0.29, 0.717) is 5.69 Å². The highest BCUT2D eigenvalue weighted by Crippen LogP contribution is 2.24. The van der Waals surface area contributed by atoms with Crippen LogP contribution in [0.15, 0.2) is 35.7 Å². The normalized spacial score (nSPS) is 22.0. The zero-order valence-corrected chi connectivity index (χ0v) is 12.5. The predicted octanol–water partition coefficient (Wildman–Crippen LogP) is 2.84. The highest BCUT2D eigenvalue weighted by Gasteiger charge is 2.22. The molecule has 1 aromatic heterocycles. The summed E-state index contributed by atoms with van der Waals surface area (Å²) in [4.78, 5) is 16.6. The standard InChI is InChI=1S/C16H18N2O2S/c19-13-8-6-12(7-9-13)17-15(20)14-10-21-16(18-14)11-4-2-1-3-5-11/h1-5,10,12-13,19H,6-9H2,(H,17,20). The highest BCUT2D eigenvalue weighted by molar-refractivity contribution is 7.13. The molecule has 4 nitrogen and oxygen atoms in total. The van der Waals surface area contributed by atoms with Crippen LogP contribution in [0.4, 0.5) is 0 Å². The third kappa shape index (κ3) is 3.49. The second-order valence-electron chi connectivity index (χ2n) is 5.38. The molecule has 0 spiro atoms. The van der Waals surface area contributed by atoms with E-state index in [2.05, 4.69) is 10.3 Å². The molecule has 0 radical (unpaired) electrons. The molecule has 0 atom stereocenters. The van der Waals surface area contributed by atoms with Gasteiger partial charge in [0, 0.05) is 17.0 Å². The van der Waals surface area contributed by atoms with Crippen LogP contribution in [0.5, 0.6) is 0 Å². The number of carbonyl (C=O) groups is 1. The van der Waals surface area contributed by atoms with Crippen LogP contribution in [0.25, 0.3) is 10.6 Å². The lowest BCUT2D eigenvalue weighted by molar-refractivity contribution is 0.0864. The molecule has 2 N–H and O–H groups in total. The van der Waals surface area contributed by atoms with Crippen LogP contribution < -0.4 is 5.32 Å². The van der Waals surface area contributed by atoms with Crippen LogP contribution in [0.1, 0.15) is 36.2 Å². The Labute approximate surface area is 127 Å². The number of aliphatic hydroxyl groups excluding tert-OH is 1. The van der Waals surface area contributed by atoms with Crippen molar-refractivity contribution < 1.29 is 9.90 Å². The summed E-state index contributed by atoms with van der Waals surface area (Å²) >= 11 is 1.48. The lowest BCUT2D eigenvalue weighted by Crippen LogP contribution is -2.38. The Morgan fingerprint density at radius 3 is 2.62 bits per heavy atom. The van der Waals surface area contributed by atoms with E-state index in [1.54, 1.807) is 5.38 Å². The van der Waals surface area contributed by atoms with E-state index in [0.717, 1.165) is 36.3 Å². The lowest BCUT2D eigenvalue weighted by atomic mass is 9.93. The Balaban J connectivity index is 1.64. The minimum Gasteiger partial charge on any atom is -0.393 e. The highest BCUT2D eigenvalue weighted by atomic mass is 32.1. The molecule has 5 heteroatoms. The maximum absolute atomic E-state index is 12.2. The molecule has 1 aromatic carbocycles. The Kier molecular flexibility index (Phi) is 4.31. The third-order valence-corrected chi connectivity index (χ3v) is 4.68. The summed E-state index contributed by atoms with van der Waals surface area (Å²) in [5.74, 6) is -0.116. The van der Waals surface area contributed by atoms with Crippen LogP contribution in [0, 0.1) is 0 Å². The number of hydrogen-bond acceptors (Lipinski definition) is 4.